The Morgan fingerprint density at radius 3 is 1.68 bits per heavy atom. The summed E-state index contributed by atoms with van der Waals surface area (Å²) >= 11 is 0. The molecule has 0 fully saturated rings. The summed E-state index contributed by atoms with van der Waals surface area (Å²) in [5.74, 6) is 0.193. The first kappa shape index (κ1) is 42.9. The number of nitrogens with zero attached hydrogens (tertiary/aromatic N) is 1. The SMILES string of the molecule is COC(=O)Nc1ccc(C(CCN(Cc2ccccc2)C[C@H](O)c2ccc(OCc3ccccc3)c(NS(=O)(=O)c3ccccc3)c2)c2ccc(NC(=O)OC)cc2)cc1. The molecule has 0 aliphatic heterocycles. The van der Waals surface area contributed by atoms with Gasteiger partial charge >= 0.3 is 12.2 Å². The largest absolute Gasteiger partial charge is 0.487 e. The molecule has 0 bridgehead atoms. The van der Waals surface area contributed by atoms with Gasteiger partial charge in [0.2, 0.25) is 0 Å². The van der Waals surface area contributed by atoms with Gasteiger partial charge < -0.3 is 19.3 Å². The van der Waals surface area contributed by atoms with Gasteiger partial charge in [0, 0.05) is 30.4 Å². The molecule has 1 atom stereocenters. The van der Waals surface area contributed by atoms with Crippen molar-refractivity contribution in [3.8, 4) is 5.75 Å². The van der Waals surface area contributed by atoms with E-state index in [-0.39, 0.29) is 29.7 Å². The van der Waals surface area contributed by atoms with Crippen LogP contribution in [-0.4, -0.2) is 57.9 Å². The molecule has 0 aliphatic carbocycles. The van der Waals surface area contributed by atoms with Crippen LogP contribution in [0, 0.1) is 0 Å². The van der Waals surface area contributed by atoms with Gasteiger partial charge in [0.1, 0.15) is 12.4 Å². The van der Waals surface area contributed by atoms with E-state index in [9.17, 15) is 23.1 Å². The number of anilines is 3. The van der Waals surface area contributed by atoms with Crippen LogP contribution in [0.3, 0.4) is 0 Å². The lowest BCUT2D eigenvalue weighted by Gasteiger charge is -2.28. The number of carbonyl (C=O) groups is 2. The predicted octanol–water partition coefficient (Wildman–Crippen LogP) is 9.18. The van der Waals surface area contributed by atoms with Crippen molar-refractivity contribution in [2.75, 3.05) is 42.7 Å². The fourth-order valence-electron chi connectivity index (χ4n) is 6.70. The number of aliphatic hydroxyl groups excluding tert-OH is 1. The molecule has 6 aromatic rings. The van der Waals surface area contributed by atoms with Crippen LogP contribution in [0.4, 0.5) is 26.7 Å². The van der Waals surface area contributed by atoms with Gasteiger partial charge in [-0.25, -0.2) is 18.0 Å². The maximum atomic E-state index is 13.5. The molecule has 6 aromatic carbocycles. The number of methoxy groups -OCH3 is 2. The highest BCUT2D eigenvalue weighted by atomic mass is 32.2. The Morgan fingerprint density at radius 2 is 1.15 bits per heavy atom. The third-order valence-corrected chi connectivity index (χ3v) is 11.2. The van der Waals surface area contributed by atoms with Crippen molar-refractivity contribution in [1.82, 2.24) is 4.90 Å². The highest BCUT2D eigenvalue weighted by molar-refractivity contribution is 7.92. The standard InChI is InChI=1S/C47H48N4O8S/c1-57-46(53)48-39-23-18-36(19-24-39)42(37-20-25-40(26-21-37)49-47(54)58-2)28-29-51(31-34-12-6-3-7-13-34)32-44(52)38-22-27-45(59-33-35-14-8-4-9-15-35)43(30-38)50-60(55,56)41-16-10-5-11-17-41/h3-27,30,42,44,50,52H,28-29,31-33H2,1-2H3,(H,48,53)(H,49,54)/t44-/m0/s1. The molecular weight excluding hydrogens is 781 g/mol. The van der Waals surface area contributed by atoms with E-state index in [1.807, 2.05) is 109 Å². The van der Waals surface area contributed by atoms with Crippen LogP contribution in [0.5, 0.6) is 5.75 Å². The second kappa shape index (κ2) is 20.8. The monoisotopic (exact) mass is 828 g/mol. The molecule has 0 heterocycles. The van der Waals surface area contributed by atoms with E-state index in [1.165, 1.54) is 26.4 Å². The Bertz CT molecular complexity index is 2340. The van der Waals surface area contributed by atoms with Crippen LogP contribution < -0.4 is 20.1 Å². The van der Waals surface area contributed by atoms with Crippen LogP contribution in [0.25, 0.3) is 0 Å². The molecule has 60 heavy (non-hydrogen) atoms. The van der Waals surface area contributed by atoms with Crippen LogP contribution in [0.15, 0.2) is 163 Å². The Kier molecular flexibility index (Phi) is 14.9. The summed E-state index contributed by atoms with van der Waals surface area (Å²) in [6.45, 7) is 1.51. The molecule has 0 aromatic heterocycles. The summed E-state index contributed by atoms with van der Waals surface area (Å²) in [4.78, 5) is 26.0. The molecule has 4 N–H and O–H groups in total. The quantitative estimate of drug-likeness (QED) is 0.0664. The van der Waals surface area contributed by atoms with Crippen molar-refractivity contribution in [2.24, 2.45) is 0 Å². The van der Waals surface area contributed by atoms with Gasteiger partial charge in [-0.15, -0.1) is 0 Å². The maximum absolute atomic E-state index is 13.5. The topological polar surface area (TPSA) is 156 Å². The minimum atomic E-state index is -3.99. The summed E-state index contributed by atoms with van der Waals surface area (Å²) < 4.78 is 45.4. The number of rotatable bonds is 18. The molecule has 6 rings (SSSR count). The fraction of sp³-hybridized carbons (Fsp3) is 0.191. The molecule has 0 aliphatic rings. The van der Waals surface area contributed by atoms with Gasteiger partial charge in [-0.3, -0.25) is 20.3 Å². The van der Waals surface area contributed by atoms with Gasteiger partial charge in [0.05, 0.1) is 30.9 Å². The number of hydrogen-bond acceptors (Lipinski definition) is 9. The minimum Gasteiger partial charge on any atom is -0.487 e. The number of ether oxygens (including phenoxy) is 3. The zero-order chi connectivity index (χ0) is 42.3. The first-order chi connectivity index (χ1) is 29.1. The second-order valence-electron chi connectivity index (χ2n) is 14.0. The smallest absolute Gasteiger partial charge is 0.411 e. The third kappa shape index (κ3) is 12.2. The fourth-order valence-corrected chi connectivity index (χ4v) is 7.78. The first-order valence-electron chi connectivity index (χ1n) is 19.3. The molecule has 2 amide bonds. The Morgan fingerprint density at radius 1 is 0.650 bits per heavy atom. The molecule has 0 spiro atoms. The number of benzene rings is 6. The Balaban J connectivity index is 1.27. The lowest BCUT2D eigenvalue weighted by atomic mass is 9.88. The van der Waals surface area contributed by atoms with E-state index >= 15 is 0 Å². The van der Waals surface area contributed by atoms with E-state index in [0.29, 0.717) is 42.2 Å². The number of aliphatic hydroxyl groups is 1. The molecule has 310 valence electrons. The Hall–Kier alpha value is -6.67. The van der Waals surface area contributed by atoms with Gasteiger partial charge in [0.15, 0.2) is 0 Å². The number of hydrogen-bond donors (Lipinski definition) is 4. The van der Waals surface area contributed by atoms with E-state index in [2.05, 4.69) is 20.3 Å². The average molecular weight is 829 g/mol. The van der Waals surface area contributed by atoms with Gasteiger partial charge in [0.25, 0.3) is 10.0 Å². The van der Waals surface area contributed by atoms with Gasteiger partial charge in [-0.1, -0.05) is 109 Å². The molecule has 0 saturated carbocycles. The van der Waals surface area contributed by atoms with Crippen LogP contribution in [-0.2, 0) is 32.6 Å². The molecule has 13 heteroatoms. The average Bonchev–Trinajstić information content (AvgIpc) is 3.27. The zero-order valence-corrected chi connectivity index (χ0v) is 34.2. The second-order valence-corrected chi connectivity index (χ2v) is 15.7. The molecular formula is C47H48N4O8S. The highest BCUT2D eigenvalue weighted by Gasteiger charge is 2.22. The van der Waals surface area contributed by atoms with Crippen molar-refractivity contribution in [3.05, 3.63) is 186 Å². The first-order valence-corrected chi connectivity index (χ1v) is 20.8. The van der Waals surface area contributed by atoms with Gasteiger partial charge in [-0.05, 0) is 89.3 Å². The van der Waals surface area contributed by atoms with Crippen molar-refractivity contribution in [3.63, 3.8) is 0 Å². The van der Waals surface area contributed by atoms with E-state index in [4.69, 9.17) is 14.2 Å². The van der Waals surface area contributed by atoms with Crippen molar-refractivity contribution < 1.29 is 37.3 Å². The van der Waals surface area contributed by atoms with Crippen molar-refractivity contribution in [1.29, 1.82) is 0 Å². The number of amides is 2. The third-order valence-electron chi connectivity index (χ3n) is 9.83. The summed E-state index contributed by atoms with van der Waals surface area (Å²) in [7, 11) is -1.38. The molecule has 12 nitrogen and oxygen atoms in total. The normalized spacial score (nSPS) is 11.8. The maximum Gasteiger partial charge on any atom is 0.411 e. The number of sulfonamides is 1. The van der Waals surface area contributed by atoms with Gasteiger partial charge in [-0.2, -0.15) is 0 Å². The van der Waals surface area contributed by atoms with Crippen LogP contribution >= 0.6 is 0 Å². The van der Waals surface area contributed by atoms with Crippen molar-refractivity contribution in [2.45, 2.75) is 36.5 Å². The summed E-state index contributed by atoms with van der Waals surface area (Å²) in [6.07, 6.45) is -1.53. The predicted molar refractivity (Wildman–Crippen MR) is 233 cm³/mol. The highest BCUT2D eigenvalue weighted by Crippen LogP contribution is 2.34. The minimum absolute atomic E-state index is 0.0947. The number of carbonyl (C=O) groups excluding carboxylic acids is 2. The van der Waals surface area contributed by atoms with Crippen LogP contribution in [0.1, 0.15) is 46.3 Å². The van der Waals surface area contributed by atoms with E-state index in [1.54, 1.807) is 36.4 Å². The number of nitrogens with one attached hydrogen (secondary N) is 3. The van der Waals surface area contributed by atoms with Crippen molar-refractivity contribution >= 4 is 39.3 Å². The summed E-state index contributed by atoms with van der Waals surface area (Å²) in [5.41, 5.74) is 5.81. The van der Waals surface area contributed by atoms with E-state index < -0.39 is 28.3 Å². The summed E-state index contributed by atoms with van der Waals surface area (Å²) in [6, 6.07) is 47.7. The zero-order valence-electron chi connectivity index (χ0n) is 33.4. The molecule has 0 unspecified atom stereocenters. The van der Waals surface area contributed by atoms with E-state index in [0.717, 1.165) is 22.3 Å². The summed E-state index contributed by atoms with van der Waals surface area (Å²) in [5, 5.41) is 17.3. The lowest BCUT2D eigenvalue weighted by Crippen LogP contribution is -2.30. The molecule has 0 radical (unpaired) electrons. The molecule has 0 saturated heterocycles. The van der Waals surface area contributed by atoms with Crippen LogP contribution in [0.2, 0.25) is 0 Å². The lowest BCUT2D eigenvalue weighted by molar-refractivity contribution is 0.107. The Labute approximate surface area is 350 Å².